The Labute approximate surface area is 173 Å². The number of unbranched alkanes of at least 4 members (excludes halogenated alkanes) is 14. The van der Waals surface area contributed by atoms with Crippen LogP contribution in [-0.2, 0) is 9.53 Å². The van der Waals surface area contributed by atoms with E-state index in [4.69, 9.17) is 20.1 Å². The monoisotopic (exact) mass is 404 g/mol. The highest BCUT2D eigenvalue weighted by atomic mass is 16.5. The Morgan fingerprint density at radius 2 is 1.14 bits per heavy atom. The molecule has 0 spiro atoms. The molecule has 0 radical (unpaired) electrons. The molecule has 1 unspecified atom stereocenters. The van der Waals surface area contributed by atoms with Crippen LogP contribution in [-0.4, -0.2) is 47.2 Å². The van der Waals surface area contributed by atoms with E-state index in [1.165, 1.54) is 83.5 Å². The van der Waals surface area contributed by atoms with Gasteiger partial charge in [0.25, 0.3) is 0 Å². The summed E-state index contributed by atoms with van der Waals surface area (Å²) in [6, 6.07) is 0. The van der Waals surface area contributed by atoms with Crippen molar-refractivity contribution in [2.24, 2.45) is 0 Å². The number of carboxylic acid groups (broad SMARTS) is 1. The molecule has 0 aliphatic carbocycles. The lowest BCUT2D eigenvalue weighted by atomic mass is 10.0. The van der Waals surface area contributed by atoms with Crippen molar-refractivity contribution in [3.05, 3.63) is 0 Å². The Morgan fingerprint density at radius 1 is 0.750 bits per heavy atom. The molecule has 5 nitrogen and oxygen atoms in total. The summed E-state index contributed by atoms with van der Waals surface area (Å²) in [5, 5.41) is 25.4. The Hall–Kier alpha value is -0.650. The molecule has 0 heterocycles. The topological polar surface area (TPSA) is 87.0 Å². The van der Waals surface area contributed by atoms with Crippen molar-refractivity contribution >= 4 is 5.97 Å². The molecule has 0 aromatic rings. The van der Waals surface area contributed by atoms with Gasteiger partial charge in [0.2, 0.25) is 0 Å². The number of aliphatic hydroxyl groups excluding tert-OH is 2. The van der Waals surface area contributed by atoms with Crippen LogP contribution < -0.4 is 0 Å². The summed E-state index contributed by atoms with van der Waals surface area (Å²) in [5.41, 5.74) is 0. The molecule has 0 aromatic carbocycles. The number of hydrogen-bond donors (Lipinski definition) is 3. The molecular weight excluding hydrogens is 356 g/mol. The first-order valence-corrected chi connectivity index (χ1v) is 11.7. The zero-order chi connectivity index (χ0) is 21.3. The molecule has 0 rings (SSSR count). The fourth-order valence-corrected chi connectivity index (χ4v) is 2.95. The summed E-state index contributed by atoms with van der Waals surface area (Å²) in [6.07, 6.45) is 19.5. The quantitative estimate of drug-likeness (QED) is 0.226. The van der Waals surface area contributed by atoms with E-state index in [1.54, 1.807) is 0 Å². The molecule has 1 atom stereocenters. The first-order chi connectivity index (χ1) is 13.6. The number of rotatable bonds is 20. The maximum Gasteiger partial charge on any atom is 0.303 e. The maximum atomic E-state index is 10.3. The van der Waals surface area contributed by atoms with E-state index in [0.717, 1.165) is 12.8 Å². The summed E-state index contributed by atoms with van der Waals surface area (Å²) in [7, 11) is 0. The van der Waals surface area contributed by atoms with E-state index in [0.29, 0.717) is 13.0 Å². The lowest BCUT2D eigenvalue weighted by Crippen LogP contribution is -2.19. The summed E-state index contributed by atoms with van der Waals surface area (Å²) in [4.78, 5) is 10.3. The van der Waals surface area contributed by atoms with Crippen LogP contribution in [0.5, 0.6) is 0 Å². The van der Waals surface area contributed by atoms with Crippen LogP contribution in [0.1, 0.15) is 117 Å². The second-order valence-corrected chi connectivity index (χ2v) is 7.59. The predicted octanol–water partition coefficient (Wildman–Crippen LogP) is 5.71. The Bertz CT molecular complexity index is 297. The van der Waals surface area contributed by atoms with Gasteiger partial charge in [0.1, 0.15) is 6.10 Å². The molecule has 0 amide bonds. The van der Waals surface area contributed by atoms with Gasteiger partial charge in [-0.25, -0.2) is 0 Å². The van der Waals surface area contributed by atoms with Crippen LogP contribution in [0.15, 0.2) is 0 Å². The second-order valence-electron chi connectivity index (χ2n) is 7.59. The Kier molecular flexibility index (Phi) is 27.8. The molecule has 0 aromatic heterocycles. The lowest BCUT2D eigenvalue weighted by Gasteiger charge is -2.04. The van der Waals surface area contributed by atoms with Gasteiger partial charge in [-0.1, -0.05) is 96.8 Å². The van der Waals surface area contributed by atoms with Crippen molar-refractivity contribution in [1.82, 2.24) is 0 Å². The Balaban J connectivity index is 0. The van der Waals surface area contributed by atoms with Crippen LogP contribution in [0.2, 0.25) is 0 Å². The number of aliphatic hydroxyl groups is 2. The summed E-state index contributed by atoms with van der Waals surface area (Å²) in [5.74, 6) is -0.653. The van der Waals surface area contributed by atoms with Gasteiger partial charge in [-0.2, -0.15) is 0 Å². The van der Waals surface area contributed by atoms with Gasteiger partial charge < -0.3 is 20.1 Å². The van der Waals surface area contributed by atoms with Gasteiger partial charge in [-0.15, -0.1) is 0 Å². The molecule has 0 aliphatic rings. The lowest BCUT2D eigenvalue weighted by molar-refractivity contribution is -0.137. The van der Waals surface area contributed by atoms with E-state index in [2.05, 4.69) is 6.92 Å². The van der Waals surface area contributed by atoms with Crippen LogP contribution in [0.4, 0.5) is 0 Å². The van der Waals surface area contributed by atoms with Crippen LogP contribution in [0.3, 0.4) is 0 Å². The van der Waals surface area contributed by atoms with Crippen molar-refractivity contribution in [3.63, 3.8) is 0 Å². The van der Waals surface area contributed by atoms with E-state index in [-0.39, 0.29) is 13.2 Å². The normalized spacial score (nSPS) is 11.7. The van der Waals surface area contributed by atoms with Crippen molar-refractivity contribution in [2.75, 3.05) is 19.8 Å². The minimum Gasteiger partial charge on any atom is -0.481 e. The molecule has 3 N–H and O–H groups in total. The average molecular weight is 405 g/mol. The Morgan fingerprint density at radius 3 is 1.46 bits per heavy atom. The zero-order valence-electron chi connectivity index (χ0n) is 18.7. The summed E-state index contributed by atoms with van der Waals surface area (Å²) >= 11 is 0. The summed E-state index contributed by atoms with van der Waals surface area (Å²) in [6.45, 7) is 4.69. The molecule has 0 saturated carbocycles. The first-order valence-electron chi connectivity index (χ1n) is 11.7. The van der Waals surface area contributed by atoms with Crippen molar-refractivity contribution in [1.29, 1.82) is 0 Å². The molecule has 0 bridgehead atoms. The molecule has 5 heteroatoms. The van der Waals surface area contributed by atoms with Crippen LogP contribution in [0, 0.1) is 0 Å². The van der Waals surface area contributed by atoms with E-state index >= 15 is 0 Å². The SMILES string of the molecule is CCCCCCCCCCCCCCCCCC(=O)O.CCOCC(O)CO. The molecule has 0 aliphatic heterocycles. The largest absolute Gasteiger partial charge is 0.481 e. The number of carbonyl (C=O) groups is 1. The minimum atomic E-state index is -0.713. The van der Waals surface area contributed by atoms with Gasteiger partial charge in [-0.05, 0) is 13.3 Å². The third kappa shape index (κ3) is 30.1. The van der Waals surface area contributed by atoms with Crippen molar-refractivity contribution < 1.29 is 24.9 Å². The highest BCUT2D eigenvalue weighted by molar-refractivity contribution is 5.66. The number of hydrogen-bond acceptors (Lipinski definition) is 4. The molecule has 28 heavy (non-hydrogen) atoms. The first kappa shape index (κ1) is 29.6. The van der Waals surface area contributed by atoms with E-state index < -0.39 is 12.1 Å². The van der Waals surface area contributed by atoms with E-state index in [9.17, 15) is 4.79 Å². The third-order valence-electron chi connectivity index (χ3n) is 4.72. The molecular formula is C23H48O5. The van der Waals surface area contributed by atoms with Crippen LogP contribution in [0.25, 0.3) is 0 Å². The fourth-order valence-electron chi connectivity index (χ4n) is 2.95. The molecule has 170 valence electrons. The number of ether oxygens (including phenoxy) is 1. The predicted molar refractivity (Wildman–Crippen MR) is 117 cm³/mol. The summed E-state index contributed by atoms with van der Waals surface area (Å²) < 4.78 is 4.78. The number of carboxylic acids is 1. The van der Waals surface area contributed by atoms with E-state index in [1.807, 2.05) is 6.92 Å². The van der Waals surface area contributed by atoms with Crippen LogP contribution >= 0.6 is 0 Å². The molecule has 0 saturated heterocycles. The van der Waals surface area contributed by atoms with Crippen molar-refractivity contribution in [2.45, 2.75) is 123 Å². The van der Waals surface area contributed by atoms with Gasteiger partial charge in [0.05, 0.1) is 13.2 Å². The number of aliphatic carboxylic acids is 1. The zero-order valence-corrected chi connectivity index (χ0v) is 18.7. The highest BCUT2D eigenvalue weighted by Gasteiger charge is 1.98. The highest BCUT2D eigenvalue weighted by Crippen LogP contribution is 2.13. The van der Waals surface area contributed by atoms with Gasteiger partial charge >= 0.3 is 5.97 Å². The van der Waals surface area contributed by atoms with Crippen molar-refractivity contribution in [3.8, 4) is 0 Å². The smallest absolute Gasteiger partial charge is 0.303 e. The second kappa shape index (κ2) is 26.4. The third-order valence-corrected chi connectivity index (χ3v) is 4.72. The van der Waals surface area contributed by atoms with Gasteiger partial charge in [0.15, 0.2) is 0 Å². The fraction of sp³-hybridized carbons (Fsp3) is 0.957. The average Bonchev–Trinajstić information content (AvgIpc) is 2.69. The van der Waals surface area contributed by atoms with Gasteiger partial charge in [-0.3, -0.25) is 4.79 Å². The maximum absolute atomic E-state index is 10.3. The molecule has 0 fully saturated rings. The standard InChI is InChI=1S/C18H36O2.C5H12O3/c1-2-3-4-5-6-7-8-9-10-11-12-13-14-15-16-17-18(19)20;1-2-8-4-5(7)3-6/h2-17H2,1H3,(H,19,20);5-7H,2-4H2,1H3. The minimum absolute atomic E-state index is 0.222. The van der Waals surface area contributed by atoms with Gasteiger partial charge in [0, 0.05) is 13.0 Å².